The zero-order chi connectivity index (χ0) is 15.3. The van der Waals surface area contributed by atoms with Crippen molar-refractivity contribution in [2.24, 2.45) is 0 Å². The van der Waals surface area contributed by atoms with Gasteiger partial charge in [-0.15, -0.1) is 0 Å². The highest BCUT2D eigenvalue weighted by Gasteiger charge is 2.13. The first-order valence-corrected chi connectivity index (χ1v) is 8.49. The molecule has 0 N–H and O–H groups in total. The normalized spacial score (nSPS) is 10.1. The van der Waals surface area contributed by atoms with E-state index in [1.54, 1.807) is 24.4 Å². The molecule has 2 rings (SSSR count). The zero-order valence-electron chi connectivity index (χ0n) is 9.90. The number of carbonyl (C=O) groups is 1. The molecule has 1 heterocycles. The van der Waals surface area contributed by atoms with Gasteiger partial charge in [-0.25, -0.2) is 4.21 Å². The van der Waals surface area contributed by atoms with Crippen molar-refractivity contribution in [2.75, 3.05) is 7.11 Å². The van der Waals surface area contributed by atoms with Gasteiger partial charge in [0.25, 0.3) is 5.24 Å². The van der Waals surface area contributed by atoms with Crippen molar-refractivity contribution in [3.8, 4) is 5.75 Å². The van der Waals surface area contributed by atoms with E-state index in [1.807, 2.05) is 0 Å². The highest BCUT2D eigenvalue weighted by Crippen LogP contribution is 2.29. The van der Waals surface area contributed by atoms with Crippen LogP contribution in [0.5, 0.6) is 5.75 Å². The van der Waals surface area contributed by atoms with Crippen LogP contribution in [0, 0.1) is 0 Å². The van der Waals surface area contributed by atoms with Crippen molar-refractivity contribution in [3.05, 3.63) is 35.0 Å². The molecule has 0 amide bonds. The topological polar surface area (TPSA) is 56.3 Å². The van der Waals surface area contributed by atoms with Crippen LogP contribution in [-0.2, 0) is 9.23 Å². The first kappa shape index (κ1) is 17.5. The zero-order valence-corrected chi connectivity index (χ0v) is 13.7. The molecule has 2 aromatic rings. The summed E-state index contributed by atoms with van der Waals surface area (Å²) in [7, 11) is 8.83. The maximum Gasteiger partial charge on any atom is 0.256 e. The van der Waals surface area contributed by atoms with Gasteiger partial charge in [-0.2, -0.15) is 0 Å². The quantitative estimate of drug-likeness (QED) is 0.734. The highest BCUT2D eigenvalue weighted by atomic mass is 36.0. The fourth-order valence-corrected chi connectivity index (χ4v) is 1.82. The number of hydrogen-bond acceptors (Lipinski definition) is 4. The molecule has 20 heavy (non-hydrogen) atoms. The molecule has 1 aromatic heterocycles. The minimum atomic E-state index is -1.67. The Hall–Kier alpha value is -0.590. The molecule has 9 heteroatoms. The van der Waals surface area contributed by atoms with E-state index in [-0.39, 0.29) is 5.56 Å². The molecule has 0 saturated carbocycles. The molecule has 0 unspecified atom stereocenters. The summed E-state index contributed by atoms with van der Waals surface area (Å²) >= 11 is 11.5. The van der Waals surface area contributed by atoms with Gasteiger partial charge in [0.15, 0.2) is 0 Å². The molecule has 0 spiro atoms. The summed E-state index contributed by atoms with van der Waals surface area (Å²) in [4.78, 5) is 15.3. The summed E-state index contributed by atoms with van der Waals surface area (Å²) in [5.41, 5.74) is 0.942. The van der Waals surface area contributed by atoms with E-state index in [4.69, 9.17) is 32.1 Å². The van der Waals surface area contributed by atoms with Gasteiger partial charge >= 0.3 is 0 Å². The second kappa shape index (κ2) is 8.00. The van der Waals surface area contributed by atoms with Crippen molar-refractivity contribution >= 4 is 69.9 Å². The molecule has 0 saturated heterocycles. The van der Waals surface area contributed by atoms with Gasteiger partial charge in [0.2, 0.25) is 9.23 Å². The van der Waals surface area contributed by atoms with E-state index in [9.17, 15) is 4.79 Å². The van der Waals surface area contributed by atoms with Crippen LogP contribution in [0.1, 0.15) is 10.4 Å². The van der Waals surface area contributed by atoms with E-state index >= 15 is 0 Å². The number of hydrogen-bond donors (Lipinski definition) is 0. The van der Waals surface area contributed by atoms with E-state index in [2.05, 4.69) is 26.3 Å². The van der Waals surface area contributed by atoms with E-state index in [0.717, 1.165) is 0 Å². The minimum absolute atomic E-state index is 0.284. The standard InChI is InChI=1S/C11H7Cl2NO2.Cl2OS/c1-16-10-5-9-6(4-7(10)11(13)15)8(12)2-3-14-9;1-4(2)3/h2-5H,1H3;. The Morgan fingerprint density at radius 2 is 1.95 bits per heavy atom. The summed E-state index contributed by atoms with van der Waals surface area (Å²) in [6.45, 7) is 0. The lowest BCUT2D eigenvalue weighted by Crippen LogP contribution is -1.96. The third kappa shape index (κ3) is 4.75. The highest BCUT2D eigenvalue weighted by molar-refractivity contribution is 8.26. The lowest BCUT2D eigenvalue weighted by atomic mass is 10.1. The lowest BCUT2D eigenvalue weighted by Gasteiger charge is -2.07. The SMILES string of the molecule is COc1cc2nccc(Cl)c2cc1C(=O)Cl.O=S(Cl)Cl. The molecule has 0 fully saturated rings. The van der Waals surface area contributed by atoms with Gasteiger partial charge in [-0.05, 0) is 23.7 Å². The van der Waals surface area contributed by atoms with Crippen molar-refractivity contribution < 1.29 is 13.7 Å². The number of nitrogens with zero attached hydrogens (tertiary/aromatic N) is 1. The fourth-order valence-electron chi connectivity index (χ4n) is 1.46. The maximum atomic E-state index is 11.2. The Morgan fingerprint density at radius 1 is 1.35 bits per heavy atom. The summed E-state index contributed by atoms with van der Waals surface area (Å²) in [6, 6.07) is 4.87. The van der Waals surface area contributed by atoms with Crippen LogP contribution in [-0.4, -0.2) is 21.5 Å². The number of halogens is 4. The maximum absolute atomic E-state index is 11.2. The second-order valence-corrected chi connectivity index (χ2v) is 6.60. The molecule has 0 bridgehead atoms. The Bertz CT molecular complexity index is 661. The van der Waals surface area contributed by atoms with E-state index < -0.39 is 14.5 Å². The monoisotopic (exact) mass is 373 g/mol. The van der Waals surface area contributed by atoms with Gasteiger partial charge in [0.05, 0.1) is 23.2 Å². The molecule has 0 radical (unpaired) electrons. The number of pyridine rings is 1. The van der Waals surface area contributed by atoms with Crippen LogP contribution in [0.4, 0.5) is 0 Å². The minimum Gasteiger partial charge on any atom is -0.496 e. The summed E-state index contributed by atoms with van der Waals surface area (Å²) in [5, 5.41) is 0.611. The van der Waals surface area contributed by atoms with Gasteiger partial charge in [0, 0.05) is 39.0 Å². The van der Waals surface area contributed by atoms with E-state index in [0.29, 0.717) is 21.7 Å². The van der Waals surface area contributed by atoms with Crippen molar-refractivity contribution in [2.45, 2.75) is 0 Å². The largest absolute Gasteiger partial charge is 0.496 e. The lowest BCUT2D eigenvalue weighted by molar-refractivity contribution is 0.107. The summed E-state index contributed by atoms with van der Waals surface area (Å²) in [6.07, 6.45) is 1.59. The number of fused-ring (bicyclic) bond motifs is 1. The Morgan fingerprint density at radius 3 is 2.45 bits per heavy atom. The average molecular weight is 375 g/mol. The number of carbonyl (C=O) groups excluding carboxylic acids is 1. The molecule has 108 valence electrons. The molecule has 1 aromatic carbocycles. The number of benzene rings is 1. The average Bonchev–Trinajstić information content (AvgIpc) is 2.37. The van der Waals surface area contributed by atoms with Crippen molar-refractivity contribution in [3.63, 3.8) is 0 Å². The smallest absolute Gasteiger partial charge is 0.256 e. The Balaban J connectivity index is 0.000000444. The van der Waals surface area contributed by atoms with Crippen LogP contribution < -0.4 is 4.74 Å². The van der Waals surface area contributed by atoms with Gasteiger partial charge in [-0.3, -0.25) is 9.78 Å². The Kier molecular flexibility index (Phi) is 6.99. The molecule has 0 aliphatic carbocycles. The number of methoxy groups -OCH3 is 1. The molecular weight excluding hydrogens is 368 g/mol. The predicted octanol–water partition coefficient (Wildman–Crippen LogP) is 4.32. The predicted molar refractivity (Wildman–Crippen MR) is 83.3 cm³/mol. The first-order valence-electron chi connectivity index (χ1n) is 4.93. The molecule has 4 nitrogen and oxygen atoms in total. The number of rotatable bonds is 2. The molecule has 0 aliphatic heterocycles. The summed E-state index contributed by atoms with van der Waals surface area (Å²) < 4.78 is 14.2. The van der Waals surface area contributed by atoms with Gasteiger partial charge in [-0.1, -0.05) is 11.6 Å². The third-order valence-corrected chi connectivity index (χ3v) is 2.75. The van der Waals surface area contributed by atoms with Gasteiger partial charge in [0.1, 0.15) is 5.75 Å². The van der Waals surface area contributed by atoms with Crippen LogP contribution in [0.15, 0.2) is 24.4 Å². The first-order chi connectivity index (χ1) is 9.36. The van der Waals surface area contributed by atoms with Crippen molar-refractivity contribution in [1.82, 2.24) is 4.98 Å². The Labute approximate surface area is 136 Å². The molecule has 0 atom stereocenters. The number of aromatic nitrogens is 1. The van der Waals surface area contributed by atoms with Crippen LogP contribution in [0.25, 0.3) is 10.9 Å². The second-order valence-electron chi connectivity index (χ2n) is 3.32. The van der Waals surface area contributed by atoms with E-state index in [1.165, 1.54) is 7.11 Å². The van der Waals surface area contributed by atoms with Crippen LogP contribution >= 0.6 is 44.6 Å². The summed E-state index contributed by atoms with van der Waals surface area (Å²) in [5.74, 6) is 0.391. The molecular formula is C11H7Cl4NO3S. The number of ether oxygens (including phenoxy) is 1. The van der Waals surface area contributed by atoms with Crippen LogP contribution in [0.2, 0.25) is 5.02 Å². The third-order valence-electron chi connectivity index (χ3n) is 2.22. The van der Waals surface area contributed by atoms with Crippen LogP contribution in [0.3, 0.4) is 0 Å². The van der Waals surface area contributed by atoms with Crippen molar-refractivity contribution in [1.29, 1.82) is 0 Å². The molecule has 0 aliphatic rings. The fraction of sp³-hybridized carbons (Fsp3) is 0.0909. The van der Waals surface area contributed by atoms with Gasteiger partial charge < -0.3 is 4.74 Å².